The standard InChI is InChI=1S/C21H21N5/c1-3-17-11-7-8-12-18(17)23-20-13-15(2)22-21-24-19(25-26(20)21)14-16-9-5-4-6-10-16/h4-13,23H,3,14H2,1-2H3. The number of fused-ring (bicyclic) bond motifs is 1. The number of rotatable bonds is 5. The summed E-state index contributed by atoms with van der Waals surface area (Å²) in [6.07, 6.45) is 1.65. The van der Waals surface area contributed by atoms with Gasteiger partial charge in [0.2, 0.25) is 0 Å². The SMILES string of the molecule is CCc1ccccc1Nc1cc(C)nc2nc(Cc3ccccc3)nn12. The maximum absolute atomic E-state index is 4.68. The van der Waals surface area contributed by atoms with Crippen molar-refractivity contribution in [3.05, 3.63) is 83.3 Å². The van der Waals surface area contributed by atoms with Crippen molar-refractivity contribution in [1.82, 2.24) is 19.6 Å². The largest absolute Gasteiger partial charge is 0.340 e. The fraction of sp³-hybridized carbons (Fsp3) is 0.190. The van der Waals surface area contributed by atoms with Crippen LogP contribution >= 0.6 is 0 Å². The molecule has 26 heavy (non-hydrogen) atoms. The van der Waals surface area contributed by atoms with E-state index in [4.69, 9.17) is 0 Å². The van der Waals surface area contributed by atoms with Gasteiger partial charge in [-0.15, -0.1) is 5.10 Å². The van der Waals surface area contributed by atoms with Crippen molar-refractivity contribution in [3.63, 3.8) is 0 Å². The highest BCUT2D eigenvalue weighted by molar-refractivity contribution is 5.62. The van der Waals surface area contributed by atoms with E-state index in [1.165, 1.54) is 11.1 Å². The van der Waals surface area contributed by atoms with Crippen LogP contribution in [0.25, 0.3) is 5.78 Å². The summed E-state index contributed by atoms with van der Waals surface area (Å²) < 4.78 is 1.79. The van der Waals surface area contributed by atoms with Crippen LogP contribution in [0.3, 0.4) is 0 Å². The molecule has 5 nitrogen and oxygen atoms in total. The predicted octanol–water partition coefficient (Wildman–Crippen LogP) is 4.33. The van der Waals surface area contributed by atoms with Crippen LogP contribution in [0.5, 0.6) is 0 Å². The van der Waals surface area contributed by atoms with Crippen molar-refractivity contribution in [2.45, 2.75) is 26.7 Å². The second-order valence-electron chi connectivity index (χ2n) is 6.32. The van der Waals surface area contributed by atoms with E-state index < -0.39 is 0 Å². The van der Waals surface area contributed by atoms with Gasteiger partial charge >= 0.3 is 0 Å². The summed E-state index contributed by atoms with van der Waals surface area (Å²) in [7, 11) is 0. The lowest BCUT2D eigenvalue weighted by Gasteiger charge is -2.12. The van der Waals surface area contributed by atoms with Crippen LogP contribution in [0, 0.1) is 6.92 Å². The summed E-state index contributed by atoms with van der Waals surface area (Å²) in [6.45, 7) is 4.13. The van der Waals surface area contributed by atoms with E-state index in [9.17, 15) is 0 Å². The fourth-order valence-electron chi connectivity index (χ4n) is 3.06. The number of hydrogen-bond donors (Lipinski definition) is 1. The van der Waals surface area contributed by atoms with E-state index in [2.05, 4.69) is 57.6 Å². The molecule has 0 saturated carbocycles. The van der Waals surface area contributed by atoms with Crippen molar-refractivity contribution >= 4 is 17.3 Å². The Balaban J connectivity index is 1.72. The molecule has 2 heterocycles. The zero-order chi connectivity index (χ0) is 17.9. The third kappa shape index (κ3) is 3.28. The number of hydrogen-bond acceptors (Lipinski definition) is 4. The number of aryl methyl sites for hydroxylation is 2. The van der Waals surface area contributed by atoms with Gasteiger partial charge in [0, 0.05) is 23.9 Å². The molecule has 4 aromatic rings. The van der Waals surface area contributed by atoms with E-state index in [0.717, 1.165) is 29.4 Å². The summed E-state index contributed by atoms with van der Waals surface area (Å²) in [4.78, 5) is 9.15. The number of para-hydroxylation sites is 1. The van der Waals surface area contributed by atoms with Crippen LogP contribution in [0.15, 0.2) is 60.7 Å². The monoisotopic (exact) mass is 343 g/mol. The molecule has 5 heteroatoms. The van der Waals surface area contributed by atoms with Crippen LogP contribution in [0.4, 0.5) is 11.5 Å². The predicted molar refractivity (Wildman–Crippen MR) is 104 cm³/mol. The number of benzene rings is 2. The molecule has 130 valence electrons. The van der Waals surface area contributed by atoms with Crippen LogP contribution in [0.1, 0.15) is 29.6 Å². The molecule has 0 aliphatic heterocycles. The average molecular weight is 343 g/mol. The van der Waals surface area contributed by atoms with Gasteiger partial charge in [-0.2, -0.15) is 9.50 Å². The van der Waals surface area contributed by atoms with E-state index in [1.54, 1.807) is 4.52 Å². The van der Waals surface area contributed by atoms with Crippen molar-refractivity contribution in [2.75, 3.05) is 5.32 Å². The molecule has 0 radical (unpaired) electrons. The average Bonchev–Trinajstić information content (AvgIpc) is 3.05. The minimum absolute atomic E-state index is 0.618. The number of anilines is 2. The highest BCUT2D eigenvalue weighted by Crippen LogP contribution is 2.22. The summed E-state index contributed by atoms with van der Waals surface area (Å²) in [6, 6.07) is 20.6. The van der Waals surface area contributed by atoms with E-state index in [0.29, 0.717) is 12.2 Å². The normalized spacial score (nSPS) is 11.0. The van der Waals surface area contributed by atoms with Crippen LogP contribution < -0.4 is 5.32 Å². The zero-order valence-corrected chi connectivity index (χ0v) is 15.0. The highest BCUT2D eigenvalue weighted by atomic mass is 15.4. The number of nitrogens with zero attached hydrogens (tertiary/aromatic N) is 4. The molecule has 0 unspecified atom stereocenters. The number of nitrogens with one attached hydrogen (secondary N) is 1. The molecule has 0 amide bonds. The van der Waals surface area contributed by atoms with Crippen LogP contribution in [-0.4, -0.2) is 19.6 Å². The van der Waals surface area contributed by atoms with E-state index in [1.807, 2.05) is 37.3 Å². The van der Waals surface area contributed by atoms with Crippen molar-refractivity contribution in [2.24, 2.45) is 0 Å². The zero-order valence-electron chi connectivity index (χ0n) is 15.0. The van der Waals surface area contributed by atoms with Crippen LogP contribution in [-0.2, 0) is 12.8 Å². The Hall–Kier alpha value is -3.21. The Labute approximate surface area is 152 Å². The maximum atomic E-state index is 4.68. The van der Waals surface area contributed by atoms with Gasteiger partial charge in [0.1, 0.15) is 5.82 Å². The molecular formula is C21H21N5. The summed E-state index contributed by atoms with van der Waals surface area (Å²) in [5.41, 5.74) is 4.44. The second-order valence-corrected chi connectivity index (χ2v) is 6.32. The minimum Gasteiger partial charge on any atom is -0.340 e. The first-order valence-electron chi connectivity index (χ1n) is 8.85. The molecular weight excluding hydrogens is 322 g/mol. The maximum Gasteiger partial charge on any atom is 0.254 e. The third-order valence-corrected chi connectivity index (χ3v) is 4.35. The molecule has 0 fully saturated rings. The Morgan fingerprint density at radius 1 is 0.962 bits per heavy atom. The lowest BCUT2D eigenvalue weighted by molar-refractivity contribution is 0.893. The highest BCUT2D eigenvalue weighted by Gasteiger charge is 2.11. The van der Waals surface area contributed by atoms with Crippen LogP contribution in [0.2, 0.25) is 0 Å². The van der Waals surface area contributed by atoms with Gasteiger partial charge in [0.25, 0.3) is 5.78 Å². The van der Waals surface area contributed by atoms with E-state index >= 15 is 0 Å². The summed E-state index contributed by atoms with van der Waals surface area (Å²) in [5, 5.41) is 8.19. The molecule has 0 saturated heterocycles. The van der Waals surface area contributed by atoms with Crippen molar-refractivity contribution in [1.29, 1.82) is 0 Å². The smallest absolute Gasteiger partial charge is 0.254 e. The lowest BCUT2D eigenvalue weighted by Crippen LogP contribution is -2.04. The summed E-state index contributed by atoms with van der Waals surface area (Å²) in [5.74, 6) is 2.26. The van der Waals surface area contributed by atoms with Gasteiger partial charge in [0.05, 0.1) is 0 Å². The Morgan fingerprint density at radius 2 is 1.73 bits per heavy atom. The molecule has 0 atom stereocenters. The van der Waals surface area contributed by atoms with Crippen molar-refractivity contribution in [3.8, 4) is 0 Å². The Kier molecular flexibility index (Phi) is 4.35. The number of aromatic nitrogens is 4. The van der Waals surface area contributed by atoms with Gasteiger partial charge in [0.15, 0.2) is 5.82 Å². The molecule has 4 rings (SSSR count). The molecule has 2 aromatic heterocycles. The van der Waals surface area contributed by atoms with Gasteiger partial charge in [-0.25, -0.2) is 4.98 Å². The first-order chi connectivity index (χ1) is 12.7. The fourth-order valence-corrected chi connectivity index (χ4v) is 3.06. The summed E-state index contributed by atoms with van der Waals surface area (Å²) >= 11 is 0. The van der Waals surface area contributed by atoms with Gasteiger partial charge in [-0.3, -0.25) is 0 Å². The van der Waals surface area contributed by atoms with E-state index in [-0.39, 0.29) is 0 Å². The van der Waals surface area contributed by atoms with Gasteiger partial charge < -0.3 is 5.32 Å². The first kappa shape index (κ1) is 16.3. The Bertz CT molecular complexity index is 1040. The molecule has 0 bridgehead atoms. The minimum atomic E-state index is 0.618. The molecule has 2 aromatic carbocycles. The topological polar surface area (TPSA) is 55.1 Å². The molecule has 0 spiro atoms. The van der Waals surface area contributed by atoms with Crippen molar-refractivity contribution < 1.29 is 0 Å². The quantitative estimate of drug-likeness (QED) is 0.586. The second kappa shape index (κ2) is 6.96. The third-order valence-electron chi connectivity index (χ3n) is 4.35. The lowest BCUT2D eigenvalue weighted by atomic mass is 10.1. The van der Waals surface area contributed by atoms with Gasteiger partial charge in [-0.05, 0) is 30.5 Å². The van der Waals surface area contributed by atoms with Gasteiger partial charge in [-0.1, -0.05) is 55.5 Å². The molecule has 0 aliphatic rings. The molecule has 0 aliphatic carbocycles. The Morgan fingerprint density at radius 3 is 2.54 bits per heavy atom. The first-order valence-corrected chi connectivity index (χ1v) is 8.85. The molecule has 1 N–H and O–H groups in total.